The SMILES string of the molecule is CC(=O)N1CCCN(C(=O)NCC(F)(F)F)CC1. The van der Waals surface area contributed by atoms with Gasteiger partial charge in [0.05, 0.1) is 0 Å². The quantitative estimate of drug-likeness (QED) is 0.764. The molecule has 0 aromatic carbocycles. The van der Waals surface area contributed by atoms with Crippen LogP contribution in [-0.2, 0) is 4.79 Å². The van der Waals surface area contributed by atoms with Gasteiger partial charge in [-0.25, -0.2) is 4.79 Å². The lowest BCUT2D eigenvalue weighted by atomic mass is 10.4. The molecule has 1 fully saturated rings. The van der Waals surface area contributed by atoms with Crippen molar-refractivity contribution in [3.8, 4) is 0 Å². The summed E-state index contributed by atoms with van der Waals surface area (Å²) < 4.78 is 35.8. The Morgan fingerprint density at radius 2 is 1.67 bits per heavy atom. The lowest BCUT2D eigenvalue weighted by molar-refractivity contribution is -0.128. The molecule has 1 aliphatic heterocycles. The van der Waals surface area contributed by atoms with Crippen LogP contribution >= 0.6 is 0 Å². The number of hydrogen-bond donors (Lipinski definition) is 1. The molecule has 0 atom stereocenters. The van der Waals surface area contributed by atoms with E-state index >= 15 is 0 Å². The van der Waals surface area contributed by atoms with E-state index in [9.17, 15) is 22.8 Å². The molecule has 0 aliphatic carbocycles. The van der Waals surface area contributed by atoms with E-state index in [0.29, 0.717) is 26.1 Å². The average molecular weight is 267 g/mol. The van der Waals surface area contributed by atoms with Crippen LogP contribution in [0.2, 0.25) is 0 Å². The largest absolute Gasteiger partial charge is 0.405 e. The summed E-state index contributed by atoms with van der Waals surface area (Å²) in [6.07, 6.45) is -3.84. The van der Waals surface area contributed by atoms with E-state index in [-0.39, 0.29) is 12.5 Å². The topological polar surface area (TPSA) is 52.7 Å². The molecular formula is C10H16F3N3O2. The molecular weight excluding hydrogens is 251 g/mol. The highest BCUT2D eigenvalue weighted by molar-refractivity contribution is 5.75. The Bertz CT molecular complexity index is 320. The van der Waals surface area contributed by atoms with Crippen LogP contribution in [0.1, 0.15) is 13.3 Å². The van der Waals surface area contributed by atoms with E-state index < -0.39 is 18.8 Å². The molecule has 0 radical (unpaired) electrons. The molecule has 3 amide bonds. The molecule has 5 nitrogen and oxygen atoms in total. The average Bonchev–Trinajstić information content (AvgIpc) is 2.50. The lowest BCUT2D eigenvalue weighted by Crippen LogP contribution is -2.45. The Hall–Kier alpha value is -1.47. The first-order valence-corrected chi connectivity index (χ1v) is 5.64. The number of nitrogens with zero attached hydrogens (tertiary/aromatic N) is 2. The van der Waals surface area contributed by atoms with Gasteiger partial charge in [-0.3, -0.25) is 4.79 Å². The Kier molecular flexibility index (Phi) is 4.80. The van der Waals surface area contributed by atoms with Crippen LogP contribution in [0.3, 0.4) is 0 Å². The maximum Gasteiger partial charge on any atom is 0.405 e. The van der Waals surface area contributed by atoms with Gasteiger partial charge in [-0.15, -0.1) is 0 Å². The molecule has 1 heterocycles. The van der Waals surface area contributed by atoms with E-state index in [1.54, 1.807) is 4.90 Å². The van der Waals surface area contributed by atoms with Crippen LogP contribution in [0.15, 0.2) is 0 Å². The number of carbonyl (C=O) groups is 2. The van der Waals surface area contributed by atoms with E-state index in [1.807, 2.05) is 5.32 Å². The van der Waals surface area contributed by atoms with Crippen molar-refractivity contribution >= 4 is 11.9 Å². The Balaban J connectivity index is 2.43. The van der Waals surface area contributed by atoms with Gasteiger partial charge in [0.2, 0.25) is 5.91 Å². The highest BCUT2D eigenvalue weighted by Crippen LogP contribution is 2.12. The molecule has 1 saturated heterocycles. The summed E-state index contributed by atoms with van der Waals surface area (Å²) >= 11 is 0. The second-order valence-corrected chi connectivity index (χ2v) is 4.12. The summed E-state index contributed by atoms with van der Waals surface area (Å²) in [5, 5.41) is 1.82. The van der Waals surface area contributed by atoms with E-state index in [0.717, 1.165) is 0 Å². The monoisotopic (exact) mass is 267 g/mol. The predicted molar refractivity (Wildman–Crippen MR) is 57.9 cm³/mol. The number of rotatable bonds is 1. The van der Waals surface area contributed by atoms with Gasteiger partial charge in [-0.1, -0.05) is 0 Å². The second kappa shape index (κ2) is 5.92. The molecule has 0 saturated carbocycles. The molecule has 0 aromatic heterocycles. The predicted octanol–water partition coefficient (Wildman–Crippen LogP) is 0.812. The first-order chi connectivity index (χ1) is 8.29. The van der Waals surface area contributed by atoms with Gasteiger partial charge in [-0.2, -0.15) is 13.2 Å². The molecule has 0 bridgehead atoms. The van der Waals surface area contributed by atoms with Gasteiger partial charge < -0.3 is 15.1 Å². The molecule has 1 aliphatic rings. The van der Waals surface area contributed by atoms with E-state index in [4.69, 9.17) is 0 Å². The molecule has 0 unspecified atom stereocenters. The second-order valence-electron chi connectivity index (χ2n) is 4.12. The summed E-state index contributed by atoms with van der Waals surface area (Å²) in [5.41, 5.74) is 0. The van der Waals surface area contributed by atoms with Crippen molar-refractivity contribution < 1.29 is 22.8 Å². The number of halogens is 3. The van der Waals surface area contributed by atoms with Crippen LogP contribution in [0, 0.1) is 0 Å². The third kappa shape index (κ3) is 4.80. The van der Waals surface area contributed by atoms with Gasteiger partial charge in [-0.05, 0) is 6.42 Å². The van der Waals surface area contributed by atoms with Crippen molar-refractivity contribution in [1.82, 2.24) is 15.1 Å². The van der Waals surface area contributed by atoms with Crippen LogP contribution < -0.4 is 5.32 Å². The number of nitrogens with one attached hydrogen (secondary N) is 1. The minimum atomic E-state index is -4.41. The molecule has 18 heavy (non-hydrogen) atoms. The molecule has 1 N–H and O–H groups in total. The molecule has 1 rings (SSSR count). The number of carbonyl (C=O) groups excluding carboxylic acids is 2. The van der Waals surface area contributed by atoms with Gasteiger partial charge in [0.1, 0.15) is 6.54 Å². The van der Waals surface area contributed by atoms with Gasteiger partial charge in [0, 0.05) is 33.1 Å². The van der Waals surface area contributed by atoms with Crippen molar-refractivity contribution in [1.29, 1.82) is 0 Å². The highest BCUT2D eigenvalue weighted by atomic mass is 19.4. The first-order valence-electron chi connectivity index (χ1n) is 5.64. The third-order valence-electron chi connectivity index (χ3n) is 2.67. The zero-order chi connectivity index (χ0) is 13.8. The number of alkyl halides is 3. The van der Waals surface area contributed by atoms with Crippen molar-refractivity contribution in [3.05, 3.63) is 0 Å². The minimum absolute atomic E-state index is 0.0902. The maximum atomic E-state index is 11.9. The Morgan fingerprint density at radius 3 is 2.22 bits per heavy atom. The normalized spacial score (nSPS) is 17.3. The van der Waals surface area contributed by atoms with Gasteiger partial charge >= 0.3 is 12.2 Å². The van der Waals surface area contributed by atoms with Crippen molar-refractivity contribution in [2.24, 2.45) is 0 Å². The smallest absolute Gasteiger partial charge is 0.341 e. The fraction of sp³-hybridized carbons (Fsp3) is 0.800. The van der Waals surface area contributed by atoms with Crippen molar-refractivity contribution in [3.63, 3.8) is 0 Å². The zero-order valence-electron chi connectivity index (χ0n) is 10.1. The number of amides is 3. The van der Waals surface area contributed by atoms with Crippen LogP contribution in [0.25, 0.3) is 0 Å². The van der Waals surface area contributed by atoms with Gasteiger partial charge in [0.25, 0.3) is 0 Å². The van der Waals surface area contributed by atoms with Crippen molar-refractivity contribution in [2.75, 3.05) is 32.7 Å². The van der Waals surface area contributed by atoms with Crippen LogP contribution in [-0.4, -0.2) is 60.6 Å². The molecule has 8 heteroatoms. The Labute approximate surface area is 103 Å². The summed E-state index contributed by atoms with van der Waals surface area (Å²) in [4.78, 5) is 25.5. The standard InChI is InChI=1S/C10H16F3N3O2/c1-8(17)15-3-2-4-16(6-5-15)9(18)14-7-10(11,12)13/h2-7H2,1H3,(H,14,18). The summed E-state index contributed by atoms with van der Waals surface area (Å²) in [5.74, 6) is -0.0902. The van der Waals surface area contributed by atoms with E-state index in [2.05, 4.69) is 0 Å². The first kappa shape index (κ1) is 14.6. The van der Waals surface area contributed by atoms with Gasteiger partial charge in [0.15, 0.2) is 0 Å². The van der Waals surface area contributed by atoms with Crippen LogP contribution in [0.4, 0.5) is 18.0 Å². The third-order valence-corrected chi connectivity index (χ3v) is 2.67. The fourth-order valence-electron chi connectivity index (χ4n) is 1.72. The van der Waals surface area contributed by atoms with E-state index in [1.165, 1.54) is 11.8 Å². The lowest BCUT2D eigenvalue weighted by Gasteiger charge is -2.22. The van der Waals surface area contributed by atoms with Crippen LogP contribution in [0.5, 0.6) is 0 Å². The summed E-state index contributed by atoms with van der Waals surface area (Å²) in [6, 6.07) is -0.738. The molecule has 0 spiro atoms. The minimum Gasteiger partial charge on any atom is -0.341 e. The summed E-state index contributed by atoms with van der Waals surface area (Å²) in [7, 11) is 0. The zero-order valence-corrected chi connectivity index (χ0v) is 10.1. The fourth-order valence-corrected chi connectivity index (χ4v) is 1.72. The maximum absolute atomic E-state index is 11.9. The number of hydrogen-bond acceptors (Lipinski definition) is 2. The summed E-state index contributed by atoms with van der Waals surface area (Å²) in [6.45, 7) is 1.59. The molecule has 0 aromatic rings. The Morgan fingerprint density at radius 1 is 1.11 bits per heavy atom. The van der Waals surface area contributed by atoms with Crippen molar-refractivity contribution in [2.45, 2.75) is 19.5 Å². The molecule has 104 valence electrons. The highest BCUT2D eigenvalue weighted by Gasteiger charge is 2.29. The number of urea groups is 1.